The highest BCUT2D eigenvalue weighted by atomic mass is 35.5. The highest BCUT2D eigenvalue weighted by molar-refractivity contribution is 6.29. The fourth-order valence-corrected chi connectivity index (χ4v) is 0.828. The Bertz CT molecular complexity index is 379. The average Bonchev–Trinajstić information content (AvgIpc) is 2.14. The van der Waals surface area contributed by atoms with Gasteiger partial charge in [-0.2, -0.15) is 0 Å². The summed E-state index contributed by atoms with van der Waals surface area (Å²) >= 11 is 5.60. The van der Waals surface area contributed by atoms with Crippen molar-refractivity contribution in [1.29, 1.82) is 0 Å². The first kappa shape index (κ1) is 9.56. The lowest BCUT2D eigenvalue weighted by Crippen LogP contribution is -1.94. The van der Waals surface area contributed by atoms with Crippen LogP contribution in [0.2, 0.25) is 5.15 Å². The molecule has 0 fully saturated rings. The molecule has 0 spiro atoms. The molecule has 0 saturated heterocycles. The molecule has 0 unspecified atom stereocenters. The Balaban J connectivity index is 2.83. The van der Waals surface area contributed by atoms with E-state index in [0.29, 0.717) is 10.7 Å². The number of ether oxygens (including phenoxy) is 1. The largest absolute Gasteiger partial charge is 0.459 e. The standard InChI is InChI=1S/C9H6ClNO2/c1-13-9(12)3-2-7-4-5-11-8(10)6-7/h4-6H,1H3. The SMILES string of the molecule is COC(=O)C#Cc1ccnc(Cl)c1. The van der Waals surface area contributed by atoms with Crippen LogP contribution in [0.15, 0.2) is 18.3 Å². The highest BCUT2D eigenvalue weighted by Gasteiger charge is 1.92. The van der Waals surface area contributed by atoms with Gasteiger partial charge in [0.25, 0.3) is 0 Å². The maximum Gasteiger partial charge on any atom is 0.384 e. The highest BCUT2D eigenvalue weighted by Crippen LogP contribution is 2.04. The molecule has 66 valence electrons. The molecule has 1 heterocycles. The smallest absolute Gasteiger partial charge is 0.384 e. The molecule has 0 aromatic carbocycles. The molecular formula is C9H6ClNO2. The van der Waals surface area contributed by atoms with E-state index in [9.17, 15) is 4.79 Å². The van der Waals surface area contributed by atoms with Crippen molar-refractivity contribution in [1.82, 2.24) is 4.98 Å². The van der Waals surface area contributed by atoms with E-state index < -0.39 is 5.97 Å². The number of carbonyl (C=O) groups is 1. The third-order valence-corrected chi connectivity index (χ3v) is 1.43. The van der Waals surface area contributed by atoms with Crippen molar-refractivity contribution in [3.8, 4) is 11.8 Å². The Kier molecular flexibility index (Phi) is 3.30. The van der Waals surface area contributed by atoms with Gasteiger partial charge in [0.15, 0.2) is 0 Å². The van der Waals surface area contributed by atoms with Crippen LogP contribution in [0.4, 0.5) is 0 Å². The first-order chi connectivity index (χ1) is 6.22. The van der Waals surface area contributed by atoms with Crippen LogP contribution in [0.3, 0.4) is 0 Å². The van der Waals surface area contributed by atoms with E-state index in [2.05, 4.69) is 21.6 Å². The van der Waals surface area contributed by atoms with E-state index in [-0.39, 0.29) is 0 Å². The summed E-state index contributed by atoms with van der Waals surface area (Å²) in [6.45, 7) is 0. The molecule has 0 aliphatic heterocycles. The molecule has 0 aliphatic carbocycles. The summed E-state index contributed by atoms with van der Waals surface area (Å²) in [5.41, 5.74) is 0.630. The molecule has 1 aromatic rings. The Morgan fingerprint density at radius 1 is 1.69 bits per heavy atom. The second kappa shape index (κ2) is 4.48. The maximum atomic E-state index is 10.6. The van der Waals surface area contributed by atoms with Gasteiger partial charge in [-0.3, -0.25) is 0 Å². The predicted octanol–water partition coefficient (Wildman–Crippen LogP) is 1.26. The average molecular weight is 196 g/mol. The predicted molar refractivity (Wildman–Crippen MR) is 48.1 cm³/mol. The van der Waals surface area contributed by atoms with Crippen molar-refractivity contribution in [3.63, 3.8) is 0 Å². The summed E-state index contributed by atoms with van der Waals surface area (Å²) in [7, 11) is 1.27. The number of nitrogens with zero attached hydrogens (tertiary/aromatic N) is 1. The summed E-state index contributed by atoms with van der Waals surface area (Å²) in [5.74, 6) is 4.29. The fourth-order valence-electron chi connectivity index (χ4n) is 0.654. The fraction of sp³-hybridized carbons (Fsp3) is 0.111. The quantitative estimate of drug-likeness (QED) is 0.356. The molecule has 0 radical (unpaired) electrons. The molecule has 0 N–H and O–H groups in total. The second-order valence-electron chi connectivity index (χ2n) is 2.11. The lowest BCUT2D eigenvalue weighted by Gasteiger charge is -1.89. The topological polar surface area (TPSA) is 39.2 Å². The number of hydrogen-bond donors (Lipinski definition) is 0. The van der Waals surface area contributed by atoms with Crippen LogP contribution in [0, 0.1) is 11.8 Å². The minimum Gasteiger partial charge on any atom is -0.459 e. The zero-order valence-electron chi connectivity index (χ0n) is 6.87. The van der Waals surface area contributed by atoms with Crippen LogP contribution < -0.4 is 0 Å². The summed E-state index contributed by atoms with van der Waals surface area (Å²) in [5, 5.41) is 0.344. The van der Waals surface area contributed by atoms with Crippen LogP contribution >= 0.6 is 11.6 Å². The summed E-state index contributed by atoms with van der Waals surface area (Å²) in [4.78, 5) is 14.4. The molecule has 0 saturated carbocycles. The van der Waals surface area contributed by atoms with E-state index in [0.717, 1.165) is 0 Å². The van der Waals surface area contributed by atoms with Gasteiger partial charge in [-0.15, -0.1) is 0 Å². The Morgan fingerprint density at radius 3 is 3.08 bits per heavy atom. The van der Waals surface area contributed by atoms with Crippen LogP contribution in [-0.2, 0) is 9.53 Å². The third-order valence-electron chi connectivity index (χ3n) is 1.22. The van der Waals surface area contributed by atoms with E-state index in [4.69, 9.17) is 11.6 Å². The molecule has 0 aliphatic rings. The monoisotopic (exact) mass is 195 g/mol. The molecule has 3 nitrogen and oxygen atoms in total. The molecule has 4 heteroatoms. The van der Waals surface area contributed by atoms with Crippen molar-refractivity contribution < 1.29 is 9.53 Å². The van der Waals surface area contributed by atoms with E-state index in [1.54, 1.807) is 12.1 Å². The molecule has 0 atom stereocenters. The molecule has 0 bridgehead atoms. The number of hydrogen-bond acceptors (Lipinski definition) is 3. The van der Waals surface area contributed by atoms with Gasteiger partial charge in [-0.05, 0) is 12.1 Å². The number of pyridine rings is 1. The first-order valence-electron chi connectivity index (χ1n) is 3.44. The van der Waals surface area contributed by atoms with Crippen LogP contribution in [0.25, 0.3) is 0 Å². The van der Waals surface area contributed by atoms with Crippen LogP contribution in [0.5, 0.6) is 0 Å². The Labute approximate surface area is 80.7 Å². The van der Waals surface area contributed by atoms with Crippen LogP contribution in [-0.4, -0.2) is 18.1 Å². The normalized spacial score (nSPS) is 8.46. The molecule has 13 heavy (non-hydrogen) atoms. The maximum absolute atomic E-state index is 10.6. The van der Waals surface area contributed by atoms with Crippen molar-refractivity contribution in [2.75, 3.05) is 7.11 Å². The summed E-state index contributed by atoms with van der Waals surface area (Å²) < 4.78 is 4.34. The summed E-state index contributed by atoms with van der Waals surface area (Å²) in [6, 6.07) is 3.22. The van der Waals surface area contributed by atoms with E-state index >= 15 is 0 Å². The summed E-state index contributed by atoms with van der Waals surface area (Å²) in [6.07, 6.45) is 1.52. The zero-order valence-corrected chi connectivity index (χ0v) is 7.63. The van der Waals surface area contributed by atoms with Crippen molar-refractivity contribution in [3.05, 3.63) is 29.0 Å². The van der Waals surface area contributed by atoms with Gasteiger partial charge >= 0.3 is 5.97 Å². The van der Waals surface area contributed by atoms with Gasteiger partial charge in [-0.1, -0.05) is 17.5 Å². The first-order valence-corrected chi connectivity index (χ1v) is 3.81. The minimum atomic E-state index is -0.576. The van der Waals surface area contributed by atoms with Gasteiger partial charge in [0.2, 0.25) is 0 Å². The van der Waals surface area contributed by atoms with Gasteiger partial charge in [0.1, 0.15) is 5.15 Å². The number of halogens is 1. The van der Waals surface area contributed by atoms with Gasteiger partial charge in [0.05, 0.1) is 7.11 Å². The van der Waals surface area contributed by atoms with Gasteiger partial charge in [-0.25, -0.2) is 9.78 Å². The van der Waals surface area contributed by atoms with E-state index in [1.807, 2.05) is 0 Å². The second-order valence-corrected chi connectivity index (χ2v) is 2.50. The third kappa shape index (κ3) is 3.14. The lowest BCUT2D eigenvalue weighted by atomic mass is 10.3. The molecular weight excluding hydrogens is 190 g/mol. The molecule has 1 rings (SSSR count). The van der Waals surface area contributed by atoms with Gasteiger partial charge < -0.3 is 4.74 Å². The Hall–Kier alpha value is -1.53. The number of aromatic nitrogens is 1. The number of carbonyl (C=O) groups excluding carboxylic acids is 1. The zero-order chi connectivity index (χ0) is 9.68. The number of esters is 1. The Morgan fingerprint density at radius 2 is 2.46 bits per heavy atom. The lowest BCUT2D eigenvalue weighted by molar-refractivity contribution is -0.133. The van der Waals surface area contributed by atoms with Crippen LogP contribution in [0.1, 0.15) is 5.56 Å². The minimum absolute atomic E-state index is 0.344. The van der Waals surface area contributed by atoms with Gasteiger partial charge in [0, 0.05) is 17.7 Å². The van der Waals surface area contributed by atoms with Crippen molar-refractivity contribution >= 4 is 17.6 Å². The van der Waals surface area contributed by atoms with E-state index in [1.165, 1.54) is 13.3 Å². The van der Waals surface area contributed by atoms with Crippen molar-refractivity contribution in [2.24, 2.45) is 0 Å². The van der Waals surface area contributed by atoms with Crippen molar-refractivity contribution in [2.45, 2.75) is 0 Å². The number of methoxy groups -OCH3 is 1. The molecule has 0 amide bonds. The number of rotatable bonds is 0. The molecule has 1 aromatic heterocycles.